The first-order valence-corrected chi connectivity index (χ1v) is 7.75. The summed E-state index contributed by atoms with van der Waals surface area (Å²) in [4.78, 5) is 20.0. The molecule has 2 aromatic heterocycles. The van der Waals surface area contributed by atoms with E-state index in [9.17, 15) is 4.79 Å². The fraction of sp³-hybridized carbons (Fsp3) is 0.167. The molecule has 2 heterocycles. The molecule has 0 bridgehead atoms. The molecule has 0 atom stereocenters. The molecule has 0 saturated heterocycles. The Hall–Kier alpha value is -3.15. The SMILES string of the molecule is Cc1cn(-c2ccc(NCCNC(=O)c3cccnc3)cc2)cn1. The number of aryl methyl sites for hydroxylation is 1. The number of nitrogens with zero attached hydrogens (tertiary/aromatic N) is 3. The average molecular weight is 321 g/mol. The van der Waals surface area contributed by atoms with Gasteiger partial charge in [0.25, 0.3) is 5.91 Å². The van der Waals surface area contributed by atoms with Gasteiger partial charge in [-0.1, -0.05) is 0 Å². The molecule has 0 radical (unpaired) electrons. The number of carbonyl (C=O) groups is 1. The number of carbonyl (C=O) groups excluding carboxylic acids is 1. The van der Waals surface area contributed by atoms with E-state index in [1.54, 1.807) is 30.9 Å². The largest absolute Gasteiger partial charge is 0.383 e. The van der Waals surface area contributed by atoms with Gasteiger partial charge in [0.05, 0.1) is 17.6 Å². The lowest BCUT2D eigenvalue weighted by molar-refractivity contribution is 0.0955. The number of aromatic nitrogens is 3. The summed E-state index contributed by atoms with van der Waals surface area (Å²) in [7, 11) is 0. The lowest BCUT2D eigenvalue weighted by Crippen LogP contribution is -2.28. The second-order valence-corrected chi connectivity index (χ2v) is 5.39. The van der Waals surface area contributed by atoms with Crippen LogP contribution in [0.5, 0.6) is 0 Å². The lowest BCUT2D eigenvalue weighted by Gasteiger charge is -2.09. The van der Waals surface area contributed by atoms with Crippen molar-refractivity contribution in [2.75, 3.05) is 18.4 Å². The first-order valence-electron chi connectivity index (χ1n) is 7.75. The summed E-state index contributed by atoms with van der Waals surface area (Å²) in [6, 6.07) is 11.6. The Morgan fingerprint density at radius 2 is 2.00 bits per heavy atom. The molecule has 2 N–H and O–H groups in total. The molecule has 0 aliphatic carbocycles. The van der Waals surface area contributed by atoms with Crippen LogP contribution >= 0.6 is 0 Å². The van der Waals surface area contributed by atoms with Gasteiger partial charge in [-0.05, 0) is 43.3 Å². The van der Waals surface area contributed by atoms with Gasteiger partial charge in [0.2, 0.25) is 0 Å². The number of pyridine rings is 1. The Bertz CT molecular complexity index is 796. The number of amides is 1. The Labute approximate surface area is 140 Å². The van der Waals surface area contributed by atoms with Crippen LogP contribution in [0.1, 0.15) is 16.1 Å². The lowest BCUT2D eigenvalue weighted by atomic mass is 10.2. The van der Waals surface area contributed by atoms with Gasteiger partial charge in [0.1, 0.15) is 0 Å². The average Bonchev–Trinajstić information content (AvgIpc) is 3.06. The van der Waals surface area contributed by atoms with Gasteiger partial charge < -0.3 is 15.2 Å². The molecule has 0 aliphatic rings. The van der Waals surface area contributed by atoms with E-state index in [2.05, 4.69) is 20.6 Å². The van der Waals surface area contributed by atoms with Gasteiger partial charge in [-0.2, -0.15) is 0 Å². The predicted molar refractivity (Wildman–Crippen MR) is 93.4 cm³/mol. The Kier molecular flexibility index (Phi) is 4.86. The molecule has 1 amide bonds. The zero-order valence-corrected chi connectivity index (χ0v) is 13.4. The topological polar surface area (TPSA) is 71.8 Å². The molecular weight excluding hydrogens is 302 g/mol. The van der Waals surface area contributed by atoms with Gasteiger partial charge in [0.15, 0.2) is 0 Å². The summed E-state index contributed by atoms with van der Waals surface area (Å²) in [5.74, 6) is -0.115. The number of anilines is 1. The standard InChI is InChI=1S/C18H19N5O/c1-14-12-23(13-22-14)17-6-4-16(5-7-17)20-9-10-21-18(24)15-3-2-8-19-11-15/h2-8,11-13,20H,9-10H2,1H3,(H,21,24). The predicted octanol–water partition coefficient (Wildman–Crippen LogP) is 2.42. The molecule has 122 valence electrons. The van der Waals surface area contributed by atoms with Crippen LogP contribution in [0.15, 0.2) is 61.3 Å². The third-order valence-electron chi connectivity index (χ3n) is 3.54. The van der Waals surface area contributed by atoms with Crippen LogP contribution in [0.25, 0.3) is 5.69 Å². The fourth-order valence-corrected chi connectivity index (χ4v) is 2.30. The molecule has 6 heteroatoms. The van der Waals surface area contributed by atoms with E-state index < -0.39 is 0 Å². The van der Waals surface area contributed by atoms with Crippen LogP contribution in [0.2, 0.25) is 0 Å². The molecule has 0 aliphatic heterocycles. The monoisotopic (exact) mass is 321 g/mol. The van der Waals surface area contributed by atoms with Crippen LogP contribution in [-0.4, -0.2) is 33.5 Å². The molecule has 0 unspecified atom stereocenters. The number of benzene rings is 1. The highest BCUT2D eigenvalue weighted by atomic mass is 16.1. The van der Waals surface area contributed by atoms with Gasteiger partial charge >= 0.3 is 0 Å². The minimum absolute atomic E-state index is 0.115. The minimum Gasteiger partial charge on any atom is -0.383 e. The van der Waals surface area contributed by atoms with Crippen molar-refractivity contribution in [1.29, 1.82) is 0 Å². The molecule has 24 heavy (non-hydrogen) atoms. The maximum Gasteiger partial charge on any atom is 0.252 e. The van der Waals surface area contributed by atoms with Crippen LogP contribution in [0, 0.1) is 6.92 Å². The normalized spacial score (nSPS) is 10.4. The number of nitrogens with one attached hydrogen (secondary N) is 2. The third kappa shape index (κ3) is 3.98. The summed E-state index contributed by atoms with van der Waals surface area (Å²) >= 11 is 0. The Balaban J connectivity index is 1.46. The van der Waals surface area contributed by atoms with Crippen LogP contribution in [0.4, 0.5) is 5.69 Å². The van der Waals surface area contributed by atoms with Crippen molar-refractivity contribution in [3.8, 4) is 5.69 Å². The minimum atomic E-state index is -0.115. The first-order chi connectivity index (χ1) is 11.7. The van der Waals surface area contributed by atoms with Crippen molar-refractivity contribution >= 4 is 11.6 Å². The molecule has 3 aromatic rings. The quantitative estimate of drug-likeness (QED) is 0.684. The smallest absolute Gasteiger partial charge is 0.252 e. The summed E-state index contributed by atoms with van der Waals surface area (Å²) < 4.78 is 1.98. The Morgan fingerprint density at radius 3 is 2.67 bits per heavy atom. The maximum absolute atomic E-state index is 11.9. The van der Waals surface area contributed by atoms with E-state index in [4.69, 9.17) is 0 Å². The molecular formula is C18H19N5O. The molecule has 3 rings (SSSR count). The van der Waals surface area contributed by atoms with E-state index in [-0.39, 0.29) is 5.91 Å². The molecule has 1 aromatic carbocycles. The van der Waals surface area contributed by atoms with Crippen molar-refractivity contribution in [2.45, 2.75) is 6.92 Å². The van der Waals surface area contributed by atoms with Gasteiger partial charge in [-0.3, -0.25) is 9.78 Å². The number of hydrogen-bond donors (Lipinski definition) is 2. The van der Waals surface area contributed by atoms with Crippen LogP contribution < -0.4 is 10.6 Å². The van der Waals surface area contributed by atoms with Crippen molar-refractivity contribution in [3.05, 3.63) is 72.6 Å². The fourth-order valence-electron chi connectivity index (χ4n) is 2.30. The number of rotatable bonds is 6. The van der Waals surface area contributed by atoms with E-state index in [0.29, 0.717) is 18.7 Å². The highest BCUT2D eigenvalue weighted by molar-refractivity contribution is 5.93. The third-order valence-corrected chi connectivity index (χ3v) is 3.54. The Morgan fingerprint density at radius 1 is 1.17 bits per heavy atom. The second-order valence-electron chi connectivity index (χ2n) is 5.39. The van der Waals surface area contributed by atoms with Gasteiger partial charge in [-0.15, -0.1) is 0 Å². The molecule has 0 saturated carbocycles. The molecule has 0 fully saturated rings. The summed E-state index contributed by atoms with van der Waals surface area (Å²) in [5, 5.41) is 6.14. The van der Waals surface area contributed by atoms with Crippen molar-refractivity contribution in [1.82, 2.24) is 19.9 Å². The zero-order chi connectivity index (χ0) is 16.8. The zero-order valence-electron chi connectivity index (χ0n) is 13.4. The van der Waals surface area contributed by atoms with E-state index in [1.807, 2.05) is 42.0 Å². The van der Waals surface area contributed by atoms with Gasteiger partial charge in [-0.25, -0.2) is 4.98 Å². The van der Waals surface area contributed by atoms with Gasteiger partial charge in [0, 0.05) is 43.1 Å². The highest BCUT2D eigenvalue weighted by Crippen LogP contribution is 2.13. The van der Waals surface area contributed by atoms with Crippen molar-refractivity contribution in [2.24, 2.45) is 0 Å². The summed E-state index contributed by atoms with van der Waals surface area (Å²) in [6.07, 6.45) is 6.98. The van der Waals surface area contributed by atoms with E-state index in [1.165, 1.54) is 0 Å². The summed E-state index contributed by atoms with van der Waals surface area (Å²) in [5.41, 5.74) is 3.62. The van der Waals surface area contributed by atoms with Crippen molar-refractivity contribution in [3.63, 3.8) is 0 Å². The van der Waals surface area contributed by atoms with E-state index in [0.717, 1.165) is 17.1 Å². The van der Waals surface area contributed by atoms with Crippen LogP contribution in [0.3, 0.4) is 0 Å². The summed E-state index contributed by atoms with van der Waals surface area (Å²) in [6.45, 7) is 3.15. The highest BCUT2D eigenvalue weighted by Gasteiger charge is 2.03. The molecule has 6 nitrogen and oxygen atoms in total. The first kappa shape index (κ1) is 15.7. The molecule has 0 spiro atoms. The van der Waals surface area contributed by atoms with Crippen LogP contribution in [-0.2, 0) is 0 Å². The second kappa shape index (κ2) is 7.41. The maximum atomic E-state index is 11.9. The van der Waals surface area contributed by atoms with Crippen molar-refractivity contribution < 1.29 is 4.79 Å². The van der Waals surface area contributed by atoms with E-state index >= 15 is 0 Å². The number of hydrogen-bond acceptors (Lipinski definition) is 4. The number of imidazole rings is 1.